The second-order valence-electron chi connectivity index (χ2n) is 9.50. The second kappa shape index (κ2) is 11.4. The zero-order valence-electron chi connectivity index (χ0n) is 20.7. The van der Waals surface area contributed by atoms with Gasteiger partial charge in [-0.15, -0.1) is 0 Å². The van der Waals surface area contributed by atoms with E-state index in [-0.39, 0.29) is 49.1 Å². The first kappa shape index (κ1) is 28.9. The third kappa shape index (κ3) is 7.44. The number of halogens is 7. The van der Waals surface area contributed by atoms with Crippen LogP contribution in [0.3, 0.4) is 0 Å². The number of hydrogen-bond donors (Lipinski definition) is 0. The normalized spacial score (nSPS) is 20.5. The van der Waals surface area contributed by atoms with Gasteiger partial charge in [0.05, 0.1) is 30.4 Å². The molecule has 2 aromatic carbocycles. The lowest BCUT2D eigenvalue weighted by atomic mass is 9.91. The summed E-state index contributed by atoms with van der Waals surface area (Å²) < 4.78 is 98.6. The van der Waals surface area contributed by atoms with E-state index in [1.165, 1.54) is 17.0 Å². The summed E-state index contributed by atoms with van der Waals surface area (Å²) in [5.74, 6) is -0.792. The average molecular weight is 535 g/mol. The molecule has 1 saturated carbocycles. The molecule has 1 fully saturated rings. The van der Waals surface area contributed by atoms with E-state index in [4.69, 9.17) is 4.74 Å². The van der Waals surface area contributed by atoms with Crippen LogP contribution in [0.1, 0.15) is 41.0 Å². The fourth-order valence-electron chi connectivity index (χ4n) is 4.71. The minimum Gasteiger partial charge on any atom is -0.377 e. The molecule has 11 heteroatoms. The topological polar surface area (TPSA) is 32.8 Å². The molecule has 0 unspecified atom stereocenters. The molecule has 3 atom stereocenters. The Morgan fingerprint density at radius 1 is 0.919 bits per heavy atom. The molecule has 0 aliphatic heterocycles. The minimum atomic E-state index is -4.92. The molecule has 0 saturated heterocycles. The van der Waals surface area contributed by atoms with Gasteiger partial charge in [-0.2, -0.15) is 26.3 Å². The summed E-state index contributed by atoms with van der Waals surface area (Å²) in [4.78, 5) is 15.6. The highest BCUT2D eigenvalue weighted by molar-refractivity contribution is 5.77. The van der Waals surface area contributed by atoms with Gasteiger partial charge in [-0.05, 0) is 67.8 Å². The van der Waals surface area contributed by atoms with E-state index in [0.717, 1.165) is 5.56 Å². The fourth-order valence-corrected chi connectivity index (χ4v) is 4.71. The van der Waals surface area contributed by atoms with Crippen LogP contribution in [0.15, 0.2) is 42.5 Å². The number of carbonyl (C=O) groups excluding carboxylic acids is 1. The molecule has 204 valence electrons. The van der Waals surface area contributed by atoms with E-state index >= 15 is 0 Å². The van der Waals surface area contributed by atoms with Crippen LogP contribution < -0.4 is 0 Å². The summed E-state index contributed by atoms with van der Waals surface area (Å²) in [6.45, 7) is 0.0422. The molecule has 0 heterocycles. The Bertz CT molecular complexity index is 1040. The first-order chi connectivity index (χ1) is 17.2. The Kier molecular flexibility index (Phi) is 8.89. The van der Waals surface area contributed by atoms with Gasteiger partial charge in [-0.3, -0.25) is 9.69 Å². The van der Waals surface area contributed by atoms with Crippen LogP contribution in [0.25, 0.3) is 0 Å². The molecule has 1 aliphatic rings. The summed E-state index contributed by atoms with van der Waals surface area (Å²) in [5, 5.41) is 0. The Morgan fingerprint density at radius 3 is 2.00 bits per heavy atom. The first-order valence-corrected chi connectivity index (χ1v) is 11.7. The summed E-state index contributed by atoms with van der Waals surface area (Å²) in [7, 11) is 5.09. The van der Waals surface area contributed by atoms with Crippen molar-refractivity contribution < 1.29 is 40.3 Å². The van der Waals surface area contributed by atoms with Gasteiger partial charge >= 0.3 is 12.4 Å². The van der Waals surface area contributed by atoms with Crippen LogP contribution in [0.5, 0.6) is 0 Å². The zero-order chi connectivity index (χ0) is 27.5. The second-order valence-corrected chi connectivity index (χ2v) is 9.50. The quantitative estimate of drug-likeness (QED) is 0.404. The number of alkyl halides is 6. The number of amides is 1. The fraction of sp³-hybridized carbons (Fsp3) is 0.500. The molecular formula is C26H29F7N2O2. The number of benzene rings is 2. The van der Waals surface area contributed by atoms with Gasteiger partial charge in [-0.1, -0.05) is 12.1 Å². The molecule has 1 aliphatic carbocycles. The predicted molar refractivity (Wildman–Crippen MR) is 123 cm³/mol. The zero-order valence-corrected chi connectivity index (χ0v) is 20.7. The van der Waals surface area contributed by atoms with Crippen molar-refractivity contribution in [2.24, 2.45) is 0 Å². The Labute approximate surface area is 211 Å². The number of carbonyl (C=O) groups is 1. The summed E-state index contributed by atoms with van der Waals surface area (Å²) in [6.07, 6.45) is -9.20. The maximum Gasteiger partial charge on any atom is 0.416 e. The number of hydrogen-bond acceptors (Lipinski definition) is 3. The van der Waals surface area contributed by atoms with E-state index < -0.39 is 35.4 Å². The van der Waals surface area contributed by atoms with E-state index in [2.05, 4.69) is 0 Å². The van der Waals surface area contributed by atoms with Crippen LogP contribution in [-0.4, -0.2) is 62.1 Å². The SMILES string of the molecule is CN(C)C(=O)CN(C)[C@@H]1CC[C@H](OCCc2cc(C(F)(F)F)cc(C(F)(F)F)c2)[C@@H]1c1ccc(F)cc1. The number of ether oxygens (including phenoxy) is 1. The highest BCUT2D eigenvalue weighted by Gasteiger charge is 2.41. The molecular weight excluding hydrogens is 505 g/mol. The van der Waals surface area contributed by atoms with Crippen molar-refractivity contribution in [3.05, 3.63) is 70.5 Å². The highest BCUT2D eigenvalue weighted by Crippen LogP contribution is 2.40. The standard InChI is InChI=1S/C26H29F7N2O2/c1-34(2)23(36)15-35(3)21-8-9-22(24(21)17-4-6-20(27)7-5-17)37-11-10-16-12-18(25(28,29)30)14-19(13-16)26(31,32)33/h4-7,12-14,21-22,24H,8-11,15H2,1-3H3/t21-,22+,24-/m1/s1. The van der Waals surface area contributed by atoms with Crippen LogP contribution in [0.2, 0.25) is 0 Å². The largest absolute Gasteiger partial charge is 0.416 e. The lowest BCUT2D eigenvalue weighted by Crippen LogP contribution is -2.42. The lowest BCUT2D eigenvalue weighted by molar-refractivity contribution is -0.143. The van der Waals surface area contributed by atoms with Crippen molar-refractivity contribution >= 4 is 5.91 Å². The molecule has 37 heavy (non-hydrogen) atoms. The number of nitrogens with zero attached hydrogens (tertiary/aromatic N) is 2. The van der Waals surface area contributed by atoms with Crippen molar-refractivity contribution in [2.75, 3.05) is 34.3 Å². The molecule has 0 spiro atoms. The van der Waals surface area contributed by atoms with Crippen molar-refractivity contribution in [1.29, 1.82) is 0 Å². The Balaban J connectivity index is 1.78. The first-order valence-electron chi connectivity index (χ1n) is 11.7. The van der Waals surface area contributed by atoms with E-state index in [1.807, 2.05) is 4.90 Å². The van der Waals surface area contributed by atoms with Crippen LogP contribution in [-0.2, 0) is 28.3 Å². The number of rotatable bonds is 8. The average Bonchev–Trinajstić information content (AvgIpc) is 3.22. The molecule has 0 radical (unpaired) electrons. The number of likely N-dealkylation sites (N-methyl/N-ethyl adjacent to an activating group) is 2. The molecule has 0 N–H and O–H groups in total. The summed E-state index contributed by atoms with van der Waals surface area (Å²) in [6, 6.07) is 7.24. The maximum atomic E-state index is 13.6. The van der Waals surface area contributed by atoms with Gasteiger partial charge in [0.15, 0.2) is 0 Å². The van der Waals surface area contributed by atoms with Gasteiger partial charge in [0.1, 0.15) is 5.82 Å². The van der Waals surface area contributed by atoms with Crippen LogP contribution >= 0.6 is 0 Å². The summed E-state index contributed by atoms with van der Waals surface area (Å²) in [5.41, 5.74) is -2.09. The monoisotopic (exact) mass is 534 g/mol. The summed E-state index contributed by atoms with van der Waals surface area (Å²) >= 11 is 0. The van der Waals surface area contributed by atoms with E-state index in [1.54, 1.807) is 33.3 Å². The molecule has 0 aromatic heterocycles. The van der Waals surface area contributed by atoms with E-state index in [9.17, 15) is 35.5 Å². The Hall–Kier alpha value is -2.66. The smallest absolute Gasteiger partial charge is 0.377 e. The third-order valence-corrected chi connectivity index (χ3v) is 6.64. The van der Waals surface area contributed by atoms with E-state index in [0.29, 0.717) is 25.0 Å². The van der Waals surface area contributed by atoms with Gasteiger partial charge in [0.25, 0.3) is 0 Å². The van der Waals surface area contributed by atoms with Gasteiger partial charge in [0.2, 0.25) is 5.91 Å². The minimum absolute atomic E-state index is 0.0986. The van der Waals surface area contributed by atoms with Crippen LogP contribution in [0.4, 0.5) is 30.7 Å². The van der Waals surface area contributed by atoms with Crippen molar-refractivity contribution in [2.45, 2.75) is 49.7 Å². The lowest BCUT2D eigenvalue weighted by Gasteiger charge is -2.32. The van der Waals surface area contributed by atoms with Gasteiger partial charge in [-0.25, -0.2) is 4.39 Å². The molecule has 4 nitrogen and oxygen atoms in total. The third-order valence-electron chi connectivity index (χ3n) is 6.64. The molecule has 1 amide bonds. The highest BCUT2D eigenvalue weighted by atomic mass is 19.4. The molecule has 3 rings (SSSR count). The van der Waals surface area contributed by atoms with Crippen LogP contribution in [0, 0.1) is 5.82 Å². The van der Waals surface area contributed by atoms with Gasteiger partial charge < -0.3 is 9.64 Å². The van der Waals surface area contributed by atoms with Crippen molar-refractivity contribution in [3.8, 4) is 0 Å². The van der Waals surface area contributed by atoms with Gasteiger partial charge in [0, 0.05) is 26.1 Å². The Morgan fingerprint density at radius 2 is 1.49 bits per heavy atom. The molecule has 0 bridgehead atoms. The van der Waals surface area contributed by atoms with Crippen molar-refractivity contribution in [3.63, 3.8) is 0 Å². The van der Waals surface area contributed by atoms with Crippen molar-refractivity contribution in [1.82, 2.24) is 9.80 Å². The maximum absolute atomic E-state index is 13.6. The predicted octanol–water partition coefficient (Wildman–Crippen LogP) is 5.76. The molecule has 2 aromatic rings.